The van der Waals surface area contributed by atoms with Crippen molar-refractivity contribution in [3.8, 4) is 5.75 Å². The Balaban J connectivity index is 1.86. The number of hydrogen-bond acceptors (Lipinski definition) is 3. The Morgan fingerprint density at radius 1 is 1.20 bits per heavy atom. The van der Waals surface area contributed by atoms with Crippen molar-refractivity contribution in [2.45, 2.75) is 45.1 Å². The van der Waals surface area contributed by atoms with Crippen LogP contribution in [0.2, 0.25) is 0 Å². The van der Waals surface area contributed by atoms with Crippen LogP contribution in [0.4, 0.5) is 0 Å². The van der Waals surface area contributed by atoms with Crippen molar-refractivity contribution >= 4 is 5.78 Å². The van der Waals surface area contributed by atoms with E-state index in [1.165, 1.54) is 32.1 Å². The fourth-order valence-electron chi connectivity index (χ4n) is 3.09. The molecule has 0 bridgehead atoms. The molecule has 0 aliphatic heterocycles. The van der Waals surface area contributed by atoms with Gasteiger partial charge in [-0.1, -0.05) is 13.3 Å². The Labute approximate surface area is 121 Å². The molecule has 3 heteroatoms. The lowest BCUT2D eigenvalue weighted by Crippen LogP contribution is -2.38. The maximum Gasteiger partial charge on any atom is 0.176 e. The summed E-state index contributed by atoms with van der Waals surface area (Å²) in [4.78, 5) is 14.4. The van der Waals surface area contributed by atoms with E-state index in [2.05, 4.69) is 18.9 Å². The molecule has 0 atom stereocenters. The van der Waals surface area contributed by atoms with Crippen LogP contribution >= 0.6 is 0 Å². The highest BCUT2D eigenvalue weighted by Gasteiger charge is 2.24. The van der Waals surface area contributed by atoms with E-state index in [1.807, 2.05) is 0 Å². The molecule has 1 fully saturated rings. The van der Waals surface area contributed by atoms with Crippen LogP contribution in [0.15, 0.2) is 24.3 Å². The highest BCUT2D eigenvalue weighted by atomic mass is 16.3. The summed E-state index contributed by atoms with van der Waals surface area (Å²) in [6.45, 7) is 2.73. The number of aromatic hydroxyl groups is 1. The van der Waals surface area contributed by atoms with Gasteiger partial charge in [0.25, 0.3) is 0 Å². The molecule has 1 saturated carbocycles. The quantitative estimate of drug-likeness (QED) is 0.836. The second kappa shape index (κ2) is 6.89. The summed E-state index contributed by atoms with van der Waals surface area (Å²) in [5.41, 5.74) is 0.678. The minimum atomic E-state index is 0.130. The number of ketones is 1. The van der Waals surface area contributed by atoms with Gasteiger partial charge in [-0.05, 0) is 62.9 Å². The van der Waals surface area contributed by atoms with E-state index in [0.29, 0.717) is 18.2 Å². The summed E-state index contributed by atoms with van der Waals surface area (Å²) < 4.78 is 0. The topological polar surface area (TPSA) is 40.5 Å². The molecule has 3 nitrogen and oxygen atoms in total. The van der Waals surface area contributed by atoms with Gasteiger partial charge in [0.1, 0.15) is 5.75 Å². The summed E-state index contributed by atoms with van der Waals surface area (Å²) in [7, 11) is 2.05. The first-order valence-corrected chi connectivity index (χ1v) is 7.62. The summed E-state index contributed by atoms with van der Waals surface area (Å²) in [5, 5.41) is 9.25. The number of carbonyl (C=O) groups excluding carboxylic acids is 1. The molecular weight excluding hydrogens is 250 g/mol. The first-order chi connectivity index (χ1) is 9.60. The van der Waals surface area contributed by atoms with E-state index < -0.39 is 0 Å². The van der Waals surface area contributed by atoms with Crippen molar-refractivity contribution < 1.29 is 9.90 Å². The monoisotopic (exact) mass is 275 g/mol. The molecule has 1 aromatic carbocycles. The van der Waals surface area contributed by atoms with Crippen molar-refractivity contribution in [3.05, 3.63) is 29.8 Å². The lowest BCUT2D eigenvalue weighted by molar-refractivity contribution is 0.0885. The van der Waals surface area contributed by atoms with Crippen LogP contribution in [0.3, 0.4) is 0 Å². The molecule has 0 radical (unpaired) electrons. The molecule has 110 valence electrons. The van der Waals surface area contributed by atoms with Gasteiger partial charge >= 0.3 is 0 Å². The number of phenolic OH excluding ortho intramolecular Hbond substituents is 1. The average Bonchev–Trinajstić information content (AvgIpc) is 2.48. The highest BCUT2D eigenvalue weighted by Crippen LogP contribution is 2.29. The number of nitrogens with zero attached hydrogens (tertiary/aromatic N) is 1. The third-order valence-corrected chi connectivity index (χ3v) is 4.60. The maximum absolute atomic E-state index is 12.2. The van der Waals surface area contributed by atoms with Crippen LogP contribution in [0.5, 0.6) is 5.75 Å². The molecule has 0 heterocycles. The summed E-state index contributed by atoms with van der Waals surface area (Å²) >= 11 is 0. The maximum atomic E-state index is 12.2. The Kier molecular flexibility index (Phi) is 5.18. The first kappa shape index (κ1) is 15.0. The van der Waals surface area contributed by atoms with Crippen molar-refractivity contribution in [1.29, 1.82) is 0 Å². The molecule has 20 heavy (non-hydrogen) atoms. The Hall–Kier alpha value is -1.35. The molecule has 1 aliphatic carbocycles. The zero-order valence-corrected chi connectivity index (χ0v) is 12.5. The fraction of sp³-hybridized carbons (Fsp3) is 0.588. The molecule has 0 amide bonds. The van der Waals surface area contributed by atoms with E-state index >= 15 is 0 Å². The Morgan fingerprint density at radius 2 is 1.80 bits per heavy atom. The Morgan fingerprint density at radius 3 is 2.35 bits per heavy atom. The van der Waals surface area contributed by atoms with Crippen molar-refractivity contribution in [2.24, 2.45) is 5.92 Å². The summed E-state index contributed by atoms with van der Waals surface area (Å²) in [6.07, 6.45) is 6.27. The standard InChI is InChI=1S/C17H25NO2/c1-3-13-4-8-15(9-5-13)18(2)12-17(20)14-6-10-16(19)11-7-14/h6-7,10-11,13,15,19H,3-5,8-9,12H2,1-2H3. The summed E-state index contributed by atoms with van der Waals surface area (Å²) in [6, 6.07) is 7.07. The predicted octanol–water partition coefficient (Wildman–Crippen LogP) is 3.48. The van der Waals surface area contributed by atoms with Crippen LogP contribution in [0.25, 0.3) is 0 Å². The average molecular weight is 275 g/mol. The first-order valence-electron chi connectivity index (χ1n) is 7.62. The normalized spacial score (nSPS) is 22.9. The van der Waals surface area contributed by atoms with Crippen molar-refractivity contribution in [2.75, 3.05) is 13.6 Å². The molecule has 0 aromatic heterocycles. The van der Waals surface area contributed by atoms with Crippen LogP contribution in [0.1, 0.15) is 49.4 Å². The molecule has 1 aliphatic rings. The van der Waals surface area contributed by atoms with Gasteiger partial charge in [-0.3, -0.25) is 9.69 Å². The van der Waals surface area contributed by atoms with E-state index in [0.717, 1.165) is 5.92 Å². The molecule has 0 saturated heterocycles. The van der Waals surface area contributed by atoms with Gasteiger partial charge in [-0.25, -0.2) is 0 Å². The third kappa shape index (κ3) is 3.83. The SMILES string of the molecule is CCC1CCC(N(C)CC(=O)c2ccc(O)cc2)CC1. The van der Waals surface area contributed by atoms with Crippen LogP contribution in [0, 0.1) is 5.92 Å². The van der Waals surface area contributed by atoms with E-state index in [9.17, 15) is 9.90 Å². The van der Waals surface area contributed by atoms with E-state index in [-0.39, 0.29) is 11.5 Å². The lowest BCUT2D eigenvalue weighted by Gasteiger charge is -2.34. The molecular formula is C17H25NO2. The van der Waals surface area contributed by atoms with Crippen LogP contribution in [-0.4, -0.2) is 35.4 Å². The van der Waals surface area contributed by atoms with Crippen molar-refractivity contribution in [3.63, 3.8) is 0 Å². The van der Waals surface area contributed by atoms with Gasteiger partial charge in [0, 0.05) is 11.6 Å². The Bertz CT molecular complexity index is 433. The molecule has 0 unspecified atom stereocenters. The number of Topliss-reactive ketones (excluding diaryl/α,β-unsaturated/α-hetero) is 1. The van der Waals surface area contributed by atoms with E-state index in [1.54, 1.807) is 24.3 Å². The number of rotatable bonds is 5. The fourth-order valence-corrected chi connectivity index (χ4v) is 3.09. The second-order valence-corrected chi connectivity index (χ2v) is 5.97. The zero-order chi connectivity index (χ0) is 14.5. The van der Waals surface area contributed by atoms with Gasteiger partial charge in [-0.2, -0.15) is 0 Å². The molecule has 2 rings (SSSR count). The van der Waals surface area contributed by atoms with Gasteiger partial charge in [0.05, 0.1) is 6.54 Å². The minimum absolute atomic E-state index is 0.130. The largest absolute Gasteiger partial charge is 0.508 e. The summed E-state index contributed by atoms with van der Waals surface area (Å²) in [5.74, 6) is 1.21. The lowest BCUT2D eigenvalue weighted by atomic mass is 9.84. The molecule has 0 spiro atoms. The number of hydrogen-bond donors (Lipinski definition) is 1. The van der Waals surface area contributed by atoms with Gasteiger partial charge in [0.15, 0.2) is 5.78 Å². The van der Waals surface area contributed by atoms with Gasteiger partial charge < -0.3 is 5.11 Å². The third-order valence-electron chi connectivity index (χ3n) is 4.60. The smallest absolute Gasteiger partial charge is 0.176 e. The van der Waals surface area contributed by atoms with Crippen LogP contribution < -0.4 is 0 Å². The number of likely N-dealkylation sites (N-methyl/N-ethyl adjacent to an activating group) is 1. The minimum Gasteiger partial charge on any atom is -0.508 e. The second-order valence-electron chi connectivity index (χ2n) is 5.97. The number of benzene rings is 1. The molecule has 1 N–H and O–H groups in total. The highest BCUT2D eigenvalue weighted by molar-refractivity contribution is 5.97. The number of phenols is 1. The number of carbonyl (C=O) groups is 1. The van der Waals surface area contributed by atoms with Crippen LogP contribution in [-0.2, 0) is 0 Å². The van der Waals surface area contributed by atoms with Gasteiger partial charge in [-0.15, -0.1) is 0 Å². The van der Waals surface area contributed by atoms with Crippen molar-refractivity contribution in [1.82, 2.24) is 4.90 Å². The molecule has 1 aromatic rings. The van der Waals surface area contributed by atoms with Gasteiger partial charge in [0.2, 0.25) is 0 Å². The van der Waals surface area contributed by atoms with E-state index in [4.69, 9.17) is 0 Å². The predicted molar refractivity (Wildman–Crippen MR) is 81.1 cm³/mol. The zero-order valence-electron chi connectivity index (χ0n) is 12.5.